The number of nitrogens with zero attached hydrogens (tertiary/aromatic N) is 3. The van der Waals surface area contributed by atoms with Crippen molar-refractivity contribution in [3.63, 3.8) is 0 Å². The number of hydrogen-bond acceptors (Lipinski definition) is 6. The first kappa shape index (κ1) is 20.1. The lowest BCUT2D eigenvalue weighted by Crippen LogP contribution is -2.37. The summed E-state index contributed by atoms with van der Waals surface area (Å²) in [6.07, 6.45) is 3.50. The molecular formula is C21H19N3O5. The molecule has 0 radical (unpaired) electrons. The van der Waals surface area contributed by atoms with Gasteiger partial charge in [0.25, 0.3) is 11.4 Å². The molecule has 1 aliphatic heterocycles. The average molecular weight is 393 g/mol. The summed E-state index contributed by atoms with van der Waals surface area (Å²) in [5.41, 5.74) is 2.62. The third kappa shape index (κ3) is 4.80. The van der Waals surface area contributed by atoms with E-state index in [1.807, 2.05) is 6.92 Å². The van der Waals surface area contributed by atoms with E-state index in [4.69, 9.17) is 0 Å². The summed E-state index contributed by atoms with van der Waals surface area (Å²) in [5, 5.41) is 21.6. The molecule has 0 bridgehead atoms. The molecule has 0 N–H and O–H groups in total. The first-order valence-electron chi connectivity index (χ1n) is 9.04. The van der Waals surface area contributed by atoms with E-state index in [-0.39, 0.29) is 17.2 Å². The Morgan fingerprint density at radius 1 is 0.828 bits per heavy atom. The van der Waals surface area contributed by atoms with E-state index in [1.54, 1.807) is 36.4 Å². The first-order valence-corrected chi connectivity index (χ1v) is 9.04. The van der Waals surface area contributed by atoms with Crippen molar-refractivity contribution in [2.45, 2.75) is 6.92 Å². The SMILES string of the molecule is CCN1C/C(=C\c2ccc([N+](=O)[O-])cc2)C(=O)/C(=C/c2ccc([N+](=O)[O-])cc2)C1. The summed E-state index contributed by atoms with van der Waals surface area (Å²) in [5.74, 6) is -0.0913. The van der Waals surface area contributed by atoms with Crippen molar-refractivity contribution < 1.29 is 14.6 Å². The number of nitro groups is 2. The van der Waals surface area contributed by atoms with Gasteiger partial charge in [-0.25, -0.2) is 0 Å². The van der Waals surface area contributed by atoms with Crippen LogP contribution in [-0.4, -0.2) is 40.2 Å². The lowest BCUT2D eigenvalue weighted by molar-refractivity contribution is -0.385. The van der Waals surface area contributed by atoms with Crippen molar-refractivity contribution in [1.82, 2.24) is 4.90 Å². The van der Waals surface area contributed by atoms with Gasteiger partial charge in [-0.05, 0) is 54.1 Å². The first-order chi connectivity index (χ1) is 13.9. The Balaban J connectivity index is 1.90. The van der Waals surface area contributed by atoms with Crippen molar-refractivity contribution in [3.8, 4) is 0 Å². The van der Waals surface area contributed by atoms with E-state index in [2.05, 4.69) is 4.90 Å². The molecule has 8 nitrogen and oxygen atoms in total. The number of likely N-dealkylation sites (N-methyl/N-ethyl adjacent to an activating group) is 1. The van der Waals surface area contributed by atoms with E-state index in [0.717, 1.165) is 6.54 Å². The molecule has 0 unspecified atom stereocenters. The Hall–Kier alpha value is -3.65. The van der Waals surface area contributed by atoms with E-state index < -0.39 is 9.85 Å². The normalized spacial score (nSPS) is 17.6. The molecule has 0 amide bonds. The van der Waals surface area contributed by atoms with Gasteiger partial charge >= 0.3 is 0 Å². The molecule has 29 heavy (non-hydrogen) atoms. The lowest BCUT2D eigenvalue weighted by atomic mass is 9.94. The van der Waals surface area contributed by atoms with Crippen LogP contribution in [0.15, 0.2) is 59.7 Å². The van der Waals surface area contributed by atoms with Crippen LogP contribution in [0.2, 0.25) is 0 Å². The lowest BCUT2D eigenvalue weighted by Gasteiger charge is -2.28. The molecule has 1 heterocycles. The van der Waals surface area contributed by atoms with Crippen molar-refractivity contribution in [2.24, 2.45) is 0 Å². The summed E-state index contributed by atoms with van der Waals surface area (Å²) in [6.45, 7) is 3.74. The summed E-state index contributed by atoms with van der Waals surface area (Å²) in [7, 11) is 0. The minimum atomic E-state index is -0.466. The second kappa shape index (κ2) is 8.57. The fourth-order valence-corrected chi connectivity index (χ4v) is 3.12. The quantitative estimate of drug-likeness (QED) is 0.433. The minimum Gasteiger partial charge on any atom is -0.295 e. The Morgan fingerprint density at radius 3 is 1.52 bits per heavy atom. The highest BCUT2D eigenvalue weighted by Gasteiger charge is 2.25. The van der Waals surface area contributed by atoms with Gasteiger partial charge in [-0.2, -0.15) is 0 Å². The van der Waals surface area contributed by atoms with Gasteiger partial charge in [0, 0.05) is 48.5 Å². The highest BCUT2D eigenvalue weighted by molar-refractivity contribution is 6.14. The maximum atomic E-state index is 13.0. The van der Waals surface area contributed by atoms with Gasteiger partial charge in [0.2, 0.25) is 0 Å². The van der Waals surface area contributed by atoms with E-state index >= 15 is 0 Å². The third-order valence-electron chi connectivity index (χ3n) is 4.71. The smallest absolute Gasteiger partial charge is 0.269 e. The average Bonchev–Trinajstić information content (AvgIpc) is 2.71. The van der Waals surface area contributed by atoms with Gasteiger partial charge in [-0.3, -0.25) is 29.9 Å². The standard InChI is InChI=1S/C21H19N3O5/c1-2-22-13-17(11-15-3-7-19(8-4-15)23(26)27)21(25)18(14-22)12-16-5-9-20(10-6-16)24(28)29/h3-12H,2,13-14H2,1H3/b17-11+,18-12+. The van der Waals surface area contributed by atoms with Crippen LogP contribution in [0.3, 0.4) is 0 Å². The number of benzene rings is 2. The Bertz CT molecular complexity index is 928. The van der Waals surface area contributed by atoms with Crippen LogP contribution in [0.5, 0.6) is 0 Å². The Morgan fingerprint density at radius 2 is 1.21 bits per heavy atom. The van der Waals surface area contributed by atoms with Crippen LogP contribution in [0, 0.1) is 20.2 Å². The van der Waals surface area contributed by atoms with Crippen molar-refractivity contribution >= 4 is 29.3 Å². The number of piperidine rings is 1. The van der Waals surface area contributed by atoms with Crippen molar-refractivity contribution in [2.75, 3.05) is 19.6 Å². The van der Waals surface area contributed by atoms with Crippen LogP contribution in [0.1, 0.15) is 18.1 Å². The van der Waals surface area contributed by atoms with Gasteiger partial charge in [0.05, 0.1) is 9.85 Å². The summed E-state index contributed by atoms with van der Waals surface area (Å²) >= 11 is 0. The number of nitro benzene ring substituents is 2. The molecule has 8 heteroatoms. The monoisotopic (exact) mass is 393 g/mol. The number of rotatable bonds is 5. The largest absolute Gasteiger partial charge is 0.295 e. The molecule has 0 atom stereocenters. The Labute approximate surface area is 167 Å². The summed E-state index contributed by atoms with van der Waals surface area (Å²) < 4.78 is 0. The van der Waals surface area contributed by atoms with Crippen LogP contribution < -0.4 is 0 Å². The Kier molecular flexibility index (Phi) is 5.94. The van der Waals surface area contributed by atoms with Crippen LogP contribution in [0.4, 0.5) is 11.4 Å². The number of carbonyl (C=O) groups is 1. The zero-order valence-corrected chi connectivity index (χ0v) is 15.8. The minimum absolute atomic E-state index is 0.00365. The zero-order chi connectivity index (χ0) is 21.0. The molecule has 2 aromatic rings. The topological polar surface area (TPSA) is 107 Å². The number of non-ortho nitro benzene ring substituents is 2. The third-order valence-corrected chi connectivity index (χ3v) is 4.71. The highest BCUT2D eigenvalue weighted by Crippen LogP contribution is 2.23. The van der Waals surface area contributed by atoms with Crippen LogP contribution >= 0.6 is 0 Å². The maximum absolute atomic E-state index is 13.0. The van der Waals surface area contributed by atoms with Crippen LogP contribution in [0.25, 0.3) is 12.2 Å². The summed E-state index contributed by atoms with van der Waals surface area (Å²) in [6, 6.07) is 12.1. The van der Waals surface area contributed by atoms with E-state index in [0.29, 0.717) is 35.4 Å². The fourth-order valence-electron chi connectivity index (χ4n) is 3.12. The molecule has 0 aromatic heterocycles. The van der Waals surface area contributed by atoms with Crippen molar-refractivity contribution in [1.29, 1.82) is 0 Å². The molecule has 3 rings (SSSR count). The highest BCUT2D eigenvalue weighted by atomic mass is 16.6. The molecule has 2 aromatic carbocycles. The molecular weight excluding hydrogens is 374 g/mol. The molecule has 1 aliphatic rings. The zero-order valence-electron chi connectivity index (χ0n) is 15.8. The molecule has 0 aliphatic carbocycles. The van der Waals surface area contributed by atoms with Gasteiger partial charge in [-0.1, -0.05) is 6.92 Å². The van der Waals surface area contributed by atoms with Gasteiger partial charge < -0.3 is 0 Å². The molecule has 0 saturated carbocycles. The second-order valence-electron chi connectivity index (χ2n) is 6.67. The number of Topliss-reactive ketones (excluding diaryl/α,β-unsaturated/α-hetero) is 1. The van der Waals surface area contributed by atoms with E-state index in [9.17, 15) is 25.0 Å². The fraction of sp³-hybridized carbons (Fsp3) is 0.190. The predicted octanol–water partition coefficient (Wildman–Crippen LogP) is 3.87. The van der Waals surface area contributed by atoms with Crippen molar-refractivity contribution in [3.05, 3.63) is 91.0 Å². The number of ketones is 1. The molecule has 148 valence electrons. The summed E-state index contributed by atoms with van der Waals surface area (Å²) in [4.78, 5) is 35.7. The number of likely N-dealkylation sites (tertiary alicyclic amines) is 1. The maximum Gasteiger partial charge on any atom is 0.269 e. The molecule has 1 saturated heterocycles. The van der Waals surface area contributed by atoms with Crippen LogP contribution in [-0.2, 0) is 4.79 Å². The number of carbonyl (C=O) groups excluding carboxylic acids is 1. The van der Waals surface area contributed by atoms with Gasteiger partial charge in [-0.15, -0.1) is 0 Å². The van der Waals surface area contributed by atoms with Gasteiger partial charge in [0.15, 0.2) is 5.78 Å². The molecule has 0 spiro atoms. The molecule has 1 fully saturated rings. The predicted molar refractivity (Wildman–Crippen MR) is 109 cm³/mol. The van der Waals surface area contributed by atoms with E-state index in [1.165, 1.54) is 24.3 Å². The number of hydrogen-bond donors (Lipinski definition) is 0. The van der Waals surface area contributed by atoms with Gasteiger partial charge in [0.1, 0.15) is 0 Å². The second-order valence-corrected chi connectivity index (χ2v) is 6.67.